The normalized spacial score (nSPS) is 28.4. The van der Waals surface area contributed by atoms with E-state index in [9.17, 15) is 9.59 Å². The Morgan fingerprint density at radius 1 is 1.37 bits per heavy atom. The summed E-state index contributed by atoms with van der Waals surface area (Å²) in [6.45, 7) is 0.364. The van der Waals surface area contributed by atoms with Crippen molar-refractivity contribution in [3.05, 3.63) is 0 Å². The molecule has 2 saturated carbocycles. The van der Waals surface area contributed by atoms with Crippen LogP contribution >= 0.6 is 0 Å². The zero-order valence-electron chi connectivity index (χ0n) is 11.3. The highest BCUT2D eigenvalue weighted by Gasteiger charge is 2.40. The molecule has 0 aromatic carbocycles. The van der Waals surface area contributed by atoms with Crippen molar-refractivity contribution in [3.63, 3.8) is 0 Å². The molecule has 2 rings (SSSR count). The average molecular weight is 270 g/mol. The molecule has 0 saturated heterocycles. The van der Waals surface area contributed by atoms with Crippen LogP contribution in [0.25, 0.3) is 0 Å². The second-order valence-corrected chi connectivity index (χ2v) is 5.54. The molecule has 2 aliphatic carbocycles. The lowest BCUT2D eigenvalue weighted by Crippen LogP contribution is -2.49. The van der Waals surface area contributed by atoms with Gasteiger partial charge in [0.05, 0.1) is 6.61 Å². The van der Waals surface area contributed by atoms with Crippen LogP contribution in [-0.4, -0.2) is 54.9 Å². The molecule has 0 aliphatic heterocycles. The van der Waals surface area contributed by atoms with Crippen LogP contribution < -0.4 is 5.32 Å². The van der Waals surface area contributed by atoms with Gasteiger partial charge < -0.3 is 20.1 Å². The zero-order valence-corrected chi connectivity index (χ0v) is 11.3. The number of aliphatic carboxylic acids is 1. The number of hydrogen-bond acceptors (Lipinski definition) is 3. The highest BCUT2D eigenvalue weighted by atomic mass is 16.5. The fourth-order valence-electron chi connectivity index (χ4n) is 3.29. The van der Waals surface area contributed by atoms with Crippen molar-refractivity contribution < 1.29 is 19.4 Å². The maximum atomic E-state index is 12.1. The molecular weight excluding hydrogens is 248 g/mol. The Hall–Kier alpha value is -1.30. The first-order chi connectivity index (χ1) is 9.10. The lowest BCUT2D eigenvalue weighted by Gasteiger charge is -2.27. The first kappa shape index (κ1) is 14.1. The molecule has 3 atom stereocenters. The van der Waals surface area contributed by atoms with Crippen molar-refractivity contribution in [2.24, 2.45) is 11.8 Å². The van der Waals surface area contributed by atoms with E-state index < -0.39 is 5.97 Å². The van der Waals surface area contributed by atoms with Crippen LogP contribution in [0.3, 0.4) is 0 Å². The number of nitrogens with one attached hydrogen (secondary N) is 1. The van der Waals surface area contributed by atoms with Crippen molar-refractivity contribution >= 4 is 12.0 Å². The third-order valence-corrected chi connectivity index (χ3v) is 4.23. The molecule has 6 heteroatoms. The zero-order chi connectivity index (χ0) is 13.8. The van der Waals surface area contributed by atoms with Gasteiger partial charge in [0.2, 0.25) is 0 Å². The monoisotopic (exact) mass is 270 g/mol. The van der Waals surface area contributed by atoms with Crippen LogP contribution in [-0.2, 0) is 9.53 Å². The Bertz CT molecular complexity index is 348. The lowest BCUT2D eigenvalue weighted by atomic mass is 9.95. The van der Waals surface area contributed by atoms with Crippen LogP contribution in [0, 0.1) is 11.8 Å². The molecule has 2 amide bonds. The molecule has 0 radical (unpaired) electrons. The average Bonchev–Trinajstić information content (AvgIpc) is 2.96. The molecule has 6 nitrogen and oxygen atoms in total. The van der Waals surface area contributed by atoms with E-state index in [2.05, 4.69) is 5.32 Å². The summed E-state index contributed by atoms with van der Waals surface area (Å²) < 4.78 is 4.91. The quantitative estimate of drug-likeness (QED) is 0.752. The molecule has 2 N–H and O–H groups in total. The largest absolute Gasteiger partial charge is 0.480 e. The van der Waals surface area contributed by atoms with Crippen molar-refractivity contribution in [2.45, 2.75) is 31.7 Å². The highest BCUT2D eigenvalue weighted by molar-refractivity contribution is 5.80. The summed E-state index contributed by atoms with van der Waals surface area (Å²) in [7, 11) is 1.53. The predicted molar refractivity (Wildman–Crippen MR) is 68.9 cm³/mol. The molecule has 3 unspecified atom stereocenters. The summed E-state index contributed by atoms with van der Waals surface area (Å²) in [6.07, 6.45) is 4.72. The number of carboxylic acid groups (broad SMARTS) is 1. The van der Waals surface area contributed by atoms with Gasteiger partial charge in [-0.05, 0) is 31.1 Å². The smallest absolute Gasteiger partial charge is 0.323 e. The van der Waals surface area contributed by atoms with Gasteiger partial charge in [0.15, 0.2) is 0 Å². The second-order valence-electron chi connectivity index (χ2n) is 5.54. The Morgan fingerprint density at radius 3 is 2.68 bits per heavy atom. The van der Waals surface area contributed by atoms with Crippen molar-refractivity contribution in [2.75, 3.05) is 26.8 Å². The number of rotatable bonds is 6. The fourth-order valence-corrected chi connectivity index (χ4v) is 3.29. The maximum absolute atomic E-state index is 12.1. The number of nitrogens with zero attached hydrogens (tertiary/aromatic N) is 1. The molecule has 19 heavy (non-hydrogen) atoms. The maximum Gasteiger partial charge on any atom is 0.323 e. The number of hydrogen-bond donors (Lipinski definition) is 2. The van der Waals surface area contributed by atoms with Gasteiger partial charge in [-0.3, -0.25) is 4.79 Å². The Balaban J connectivity index is 1.85. The van der Waals surface area contributed by atoms with Gasteiger partial charge in [0, 0.05) is 19.7 Å². The summed E-state index contributed by atoms with van der Waals surface area (Å²) in [5.41, 5.74) is 0. The van der Waals surface area contributed by atoms with E-state index in [1.807, 2.05) is 0 Å². The molecule has 0 spiro atoms. The molecule has 0 aromatic rings. The predicted octanol–water partition coefficient (Wildman–Crippen LogP) is 0.918. The number of carboxylic acids is 1. The third-order valence-electron chi connectivity index (χ3n) is 4.23. The first-order valence-electron chi connectivity index (χ1n) is 6.86. The number of fused-ring (bicyclic) bond motifs is 2. The minimum Gasteiger partial charge on any atom is -0.480 e. The first-order valence-corrected chi connectivity index (χ1v) is 6.86. The van der Waals surface area contributed by atoms with Gasteiger partial charge in [-0.25, -0.2) is 4.79 Å². The van der Waals surface area contributed by atoms with Gasteiger partial charge in [-0.1, -0.05) is 6.42 Å². The molecular formula is C13H22N2O4. The third kappa shape index (κ3) is 3.59. The van der Waals surface area contributed by atoms with E-state index in [4.69, 9.17) is 9.84 Å². The summed E-state index contributed by atoms with van der Waals surface area (Å²) in [4.78, 5) is 24.2. The second kappa shape index (κ2) is 6.23. The van der Waals surface area contributed by atoms with Crippen molar-refractivity contribution in [3.8, 4) is 0 Å². The summed E-state index contributed by atoms with van der Waals surface area (Å²) in [6, 6.07) is -0.0536. The molecule has 0 heterocycles. The van der Waals surface area contributed by atoms with E-state index in [0.717, 1.165) is 12.3 Å². The molecule has 2 aliphatic rings. The Labute approximate surface area is 113 Å². The summed E-state index contributed by atoms with van der Waals surface area (Å²) in [5, 5.41) is 11.8. The van der Waals surface area contributed by atoms with Crippen LogP contribution in [0.1, 0.15) is 25.7 Å². The number of carbonyl (C=O) groups is 2. The highest BCUT2D eigenvalue weighted by Crippen LogP contribution is 2.44. The van der Waals surface area contributed by atoms with Gasteiger partial charge in [-0.2, -0.15) is 0 Å². The molecule has 0 aromatic heterocycles. The number of ether oxygens (including phenoxy) is 1. The Morgan fingerprint density at radius 2 is 2.16 bits per heavy atom. The molecule has 2 fully saturated rings. The van der Waals surface area contributed by atoms with Crippen LogP contribution in [0.4, 0.5) is 4.79 Å². The van der Waals surface area contributed by atoms with Crippen LogP contribution in [0.5, 0.6) is 0 Å². The lowest BCUT2D eigenvalue weighted by molar-refractivity contribution is -0.137. The van der Waals surface area contributed by atoms with Gasteiger partial charge in [0.25, 0.3) is 0 Å². The number of amides is 2. The number of carbonyl (C=O) groups excluding carboxylic acids is 1. The van der Waals surface area contributed by atoms with Gasteiger partial charge in [-0.15, -0.1) is 0 Å². The topological polar surface area (TPSA) is 78.9 Å². The number of methoxy groups -OCH3 is 1. The van der Waals surface area contributed by atoms with Crippen molar-refractivity contribution in [1.29, 1.82) is 0 Å². The molecule has 2 bridgehead atoms. The SMILES string of the molecule is COCCN(CC(=O)O)C(=O)NC1CC2CCC1C2. The van der Waals surface area contributed by atoms with Crippen LogP contribution in [0.2, 0.25) is 0 Å². The number of urea groups is 1. The van der Waals surface area contributed by atoms with Gasteiger partial charge in [0.1, 0.15) is 6.54 Å². The summed E-state index contributed by atoms with van der Waals surface area (Å²) in [5.74, 6) is 0.337. The van der Waals surface area contributed by atoms with Gasteiger partial charge >= 0.3 is 12.0 Å². The minimum atomic E-state index is -1.00. The van der Waals surface area contributed by atoms with E-state index in [-0.39, 0.29) is 18.6 Å². The Kier molecular flexibility index (Phi) is 4.63. The van der Waals surface area contributed by atoms with E-state index >= 15 is 0 Å². The fraction of sp³-hybridized carbons (Fsp3) is 0.846. The standard InChI is InChI=1S/C13H22N2O4/c1-19-5-4-15(8-12(16)17)13(18)14-11-7-9-2-3-10(11)6-9/h9-11H,2-8H2,1H3,(H,14,18)(H,16,17). The van der Waals surface area contributed by atoms with Crippen LogP contribution in [0.15, 0.2) is 0 Å². The van der Waals surface area contributed by atoms with Crippen molar-refractivity contribution in [1.82, 2.24) is 10.2 Å². The minimum absolute atomic E-state index is 0.227. The van der Waals surface area contributed by atoms with E-state index in [1.165, 1.54) is 31.3 Å². The summed E-state index contributed by atoms with van der Waals surface area (Å²) >= 11 is 0. The van der Waals surface area contributed by atoms with E-state index in [0.29, 0.717) is 19.1 Å². The molecule has 108 valence electrons. The van der Waals surface area contributed by atoms with E-state index in [1.54, 1.807) is 0 Å².